The van der Waals surface area contributed by atoms with Gasteiger partial charge in [-0.3, -0.25) is 9.36 Å². The molecule has 0 aliphatic carbocycles. The van der Waals surface area contributed by atoms with Crippen molar-refractivity contribution in [3.8, 4) is 17.2 Å². The van der Waals surface area contributed by atoms with Crippen LogP contribution in [0.2, 0.25) is 0 Å². The highest BCUT2D eigenvalue weighted by atomic mass is 79.9. The fourth-order valence-electron chi connectivity index (χ4n) is 5.00. The van der Waals surface area contributed by atoms with Crippen molar-refractivity contribution in [2.75, 3.05) is 20.3 Å². The van der Waals surface area contributed by atoms with E-state index in [1.165, 1.54) is 35.1 Å². The summed E-state index contributed by atoms with van der Waals surface area (Å²) < 4.78 is 25.2. The Balaban J connectivity index is 1.51. The van der Waals surface area contributed by atoms with Crippen LogP contribution in [0, 0.1) is 0 Å². The van der Waals surface area contributed by atoms with E-state index in [0.29, 0.717) is 48.9 Å². The molecule has 0 saturated heterocycles. The van der Waals surface area contributed by atoms with E-state index in [-0.39, 0.29) is 29.9 Å². The molecule has 2 heterocycles. The van der Waals surface area contributed by atoms with Crippen LogP contribution >= 0.6 is 27.3 Å². The molecule has 46 heavy (non-hydrogen) atoms. The molecule has 0 amide bonds. The summed E-state index contributed by atoms with van der Waals surface area (Å²) in [7, 11) is 1.53. The van der Waals surface area contributed by atoms with Gasteiger partial charge in [0.25, 0.3) is 5.56 Å². The van der Waals surface area contributed by atoms with Crippen molar-refractivity contribution in [3.05, 3.63) is 118 Å². The summed E-state index contributed by atoms with van der Waals surface area (Å²) in [5, 5.41) is 9.08. The number of carboxylic acids is 1. The number of thiazole rings is 1. The second-order valence-electron chi connectivity index (χ2n) is 10.1. The number of rotatable bonds is 11. The van der Waals surface area contributed by atoms with Gasteiger partial charge >= 0.3 is 11.9 Å². The minimum Gasteiger partial charge on any atom is -0.493 e. The molecule has 10 nitrogen and oxygen atoms in total. The van der Waals surface area contributed by atoms with Crippen LogP contribution in [0.4, 0.5) is 0 Å². The molecule has 1 atom stereocenters. The molecule has 5 rings (SSSR count). The van der Waals surface area contributed by atoms with Gasteiger partial charge in [-0.25, -0.2) is 14.6 Å². The number of carbonyl (C=O) groups excluding carboxylic acids is 1. The predicted octanol–water partition coefficient (Wildman–Crippen LogP) is 5.25. The average molecular weight is 708 g/mol. The molecule has 0 unspecified atom stereocenters. The number of nitrogens with zero attached hydrogens (tertiary/aromatic N) is 2. The lowest BCUT2D eigenvalue weighted by Crippen LogP contribution is -2.40. The largest absolute Gasteiger partial charge is 0.493 e. The Morgan fingerprint density at radius 3 is 2.37 bits per heavy atom. The van der Waals surface area contributed by atoms with Crippen LogP contribution in [0.25, 0.3) is 6.08 Å². The van der Waals surface area contributed by atoms with E-state index in [4.69, 9.17) is 24.1 Å². The Morgan fingerprint density at radius 2 is 1.74 bits per heavy atom. The summed E-state index contributed by atoms with van der Waals surface area (Å²) in [6.45, 7) is 6.19. The second kappa shape index (κ2) is 14.2. The van der Waals surface area contributed by atoms with Gasteiger partial charge < -0.3 is 24.1 Å². The number of fused-ring (bicyclic) bond motifs is 1. The fraction of sp³-hybridized carbons (Fsp3) is 0.235. The molecule has 1 aliphatic rings. The van der Waals surface area contributed by atoms with E-state index in [0.717, 1.165) is 11.1 Å². The van der Waals surface area contributed by atoms with E-state index in [2.05, 4.69) is 20.9 Å². The first-order valence-corrected chi connectivity index (χ1v) is 16.0. The SMILES string of the molecule is CCOC(=O)C1=C(C)N=c2s/c(=C/c3ccc(OCc4ccc(C(=O)O)cc4)cc3)c(=O)n2[C@H]1c1cc(OC)c(OCC)cc1Br. The van der Waals surface area contributed by atoms with Crippen molar-refractivity contribution in [2.45, 2.75) is 33.4 Å². The summed E-state index contributed by atoms with van der Waals surface area (Å²) in [6, 6.07) is 16.4. The van der Waals surface area contributed by atoms with E-state index in [9.17, 15) is 14.4 Å². The Labute approximate surface area is 277 Å². The maximum absolute atomic E-state index is 14.0. The maximum Gasteiger partial charge on any atom is 0.338 e. The fourth-order valence-corrected chi connectivity index (χ4v) is 6.58. The van der Waals surface area contributed by atoms with Crippen molar-refractivity contribution in [1.29, 1.82) is 0 Å². The van der Waals surface area contributed by atoms with Crippen molar-refractivity contribution in [2.24, 2.45) is 4.99 Å². The monoisotopic (exact) mass is 706 g/mol. The Bertz CT molecular complexity index is 2000. The molecule has 1 N–H and O–H groups in total. The van der Waals surface area contributed by atoms with Crippen LogP contribution in [0.1, 0.15) is 53.9 Å². The second-order valence-corrected chi connectivity index (χ2v) is 12.0. The van der Waals surface area contributed by atoms with Crippen LogP contribution in [-0.2, 0) is 16.1 Å². The van der Waals surface area contributed by atoms with Gasteiger partial charge in [0.05, 0.1) is 47.7 Å². The highest BCUT2D eigenvalue weighted by Crippen LogP contribution is 2.41. The third kappa shape index (κ3) is 6.77. The molecule has 4 aromatic rings. The number of esters is 1. The molecule has 238 valence electrons. The molecule has 0 saturated carbocycles. The van der Waals surface area contributed by atoms with Gasteiger partial charge in [-0.1, -0.05) is 51.5 Å². The number of benzene rings is 3. The van der Waals surface area contributed by atoms with Gasteiger partial charge in [0.1, 0.15) is 12.4 Å². The summed E-state index contributed by atoms with van der Waals surface area (Å²) in [6.07, 6.45) is 1.77. The van der Waals surface area contributed by atoms with Crippen LogP contribution < -0.4 is 29.1 Å². The van der Waals surface area contributed by atoms with E-state index in [1.807, 2.05) is 19.1 Å². The maximum atomic E-state index is 14.0. The lowest BCUT2D eigenvalue weighted by molar-refractivity contribution is -0.139. The number of hydrogen-bond donors (Lipinski definition) is 1. The number of methoxy groups -OCH3 is 1. The Kier molecular flexibility index (Phi) is 10.1. The number of halogens is 1. The van der Waals surface area contributed by atoms with E-state index in [1.54, 1.807) is 56.3 Å². The van der Waals surface area contributed by atoms with E-state index >= 15 is 0 Å². The summed E-state index contributed by atoms with van der Waals surface area (Å²) in [5.41, 5.74) is 2.83. The third-order valence-electron chi connectivity index (χ3n) is 7.18. The van der Waals surface area contributed by atoms with Gasteiger partial charge in [0, 0.05) is 4.47 Å². The van der Waals surface area contributed by atoms with Crippen molar-refractivity contribution in [3.63, 3.8) is 0 Å². The standard InChI is InChI=1S/C34H31BrN2O8S/c1-5-43-27-17-25(35)24(16-26(27)42-4)30-29(33(41)44-6-2)19(3)36-34-37(30)31(38)28(46-34)15-20-9-13-23(14-10-20)45-18-21-7-11-22(12-8-21)32(39)40/h7-17,30H,5-6,18H2,1-4H3,(H,39,40)/b28-15+/t30-/m0/s1. The summed E-state index contributed by atoms with van der Waals surface area (Å²) in [4.78, 5) is 43.5. The number of allylic oxidation sites excluding steroid dienone is 1. The summed E-state index contributed by atoms with van der Waals surface area (Å²) >= 11 is 4.86. The number of aromatic carboxylic acids is 1. The molecular weight excluding hydrogens is 676 g/mol. The minimum absolute atomic E-state index is 0.164. The number of carbonyl (C=O) groups is 2. The first kappa shape index (κ1) is 32.7. The molecule has 1 aromatic heterocycles. The predicted molar refractivity (Wildman–Crippen MR) is 176 cm³/mol. The third-order valence-corrected chi connectivity index (χ3v) is 8.85. The van der Waals surface area contributed by atoms with Crippen molar-refractivity contribution >= 4 is 45.3 Å². The smallest absolute Gasteiger partial charge is 0.338 e. The Hall–Kier alpha value is -4.68. The molecule has 0 bridgehead atoms. The number of ether oxygens (including phenoxy) is 4. The Morgan fingerprint density at radius 1 is 1.02 bits per heavy atom. The molecule has 0 spiro atoms. The molecule has 1 aliphatic heterocycles. The number of aromatic nitrogens is 1. The van der Waals surface area contributed by atoms with Crippen LogP contribution in [0.3, 0.4) is 0 Å². The van der Waals surface area contributed by atoms with Crippen LogP contribution in [-0.4, -0.2) is 41.9 Å². The molecule has 0 radical (unpaired) electrons. The van der Waals surface area contributed by atoms with Crippen LogP contribution in [0.5, 0.6) is 17.2 Å². The normalized spacial score (nSPS) is 14.4. The first-order chi connectivity index (χ1) is 22.1. The molecular formula is C34H31BrN2O8S. The first-order valence-electron chi connectivity index (χ1n) is 14.4. The van der Waals surface area contributed by atoms with Gasteiger partial charge in [0.15, 0.2) is 16.3 Å². The van der Waals surface area contributed by atoms with E-state index < -0.39 is 18.0 Å². The molecule has 12 heteroatoms. The van der Waals surface area contributed by atoms with Gasteiger partial charge in [0.2, 0.25) is 0 Å². The van der Waals surface area contributed by atoms with Gasteiger partial charge in [-0.15, -0.1) is 0 Å². The zero-order valence-corrected chi connectivity index (χ0v) is 27.9. The molecule has 0 fully saturated rings. The number of hydrogen-bond acceptors (Lipinski definition) is 9. The zero-order chi connectivity index (χ0) is 33.0. The highest BCUT2D eigenvalue weighted by molar-refractivity contribution is 9.10. The lowest BCUT2D eigenvalue weighted by atomic mass is 9.95. The topological polar surface area (TPSA) is 126 Å². The summed E-state index contributed by atoms with van der Waals surface area (Å²) in [5.74, 6) is 0.0560. The minimum atomic E-state index is -0.982. The lowest BCUT2D eigenvalue weighted by Gasteiger charge is -2.26. The van der Waals surface area contributed by atoms with Crippen molar-refractivity contribution < 1.29 is 33.6 Å². The highest BCUT2D eigenvalue weighted by Gasteiger charge is 2.35. The van der Waals surface area contributed by atoms with Gasteiger partial charge in [-0.05, 0) is 79.9 Å². The number of carboxylic acid groups (broad SMARTS) is 1. The molecule has 3 aromatic carbocycles. The van der Waals surface area contributed by atoms with Gasteiger partial charge in [-0.2, -0.15) is 0 Å². The average Bonchev–Trinajstić information content (AvgIpc) is 3.34. The quantitative estimate of drug-likeness (QED) is 0.210. The van der Waals surface area contributed by atoms with Crippen LogP contribution in [0.15, 0.2) is 86.2 Å². The van der Waals surface area contributed by atoms with Crippen molar-refractivity contribution in [1.82, 2.24) is 4.57 Å². The zero-order valence-electron chi connectivity index (χ0n) is 25.5.